The van der Waals surface area contributed by atoms with Gasteiger partial charge in [-0.2, -0.15) is 4.98 Å². The van der Waals surface area contributed by atoms with Crippen molar-refractivity contribution in [1.29, 1.82) is 0 Å². The number of nitrogens with zero attached hydrogens (tertiary/aromatic N) is 3. The molecule has 3 rings (SSSR count). The number of nitrogens with one attached hydrogen (secondary N) is 2. The summed E-state index contributed by atoms with van der Waals surface area (Å²) in [5, 5.41) is 10.9. The maximum absolute atomic E-state index is 5.35. The minimum Gasteiger partial charge on any atom is -0.357 e. The molecular formula is C21H32IN5O. The Morgan fingerprint density at radius 1 is 1.18 bits per heavy atom. The molecule has 0 spiro atoms. The number of rotatable bonds is 6. The Balaban J connectivity index is 0.00000280. The molecular weight excluding hydrogens is 465 g/mol. The lowest BCUT2D eigenvalue weighted by Gasteiger charge is -2.43. The second-order valence-electron chi connectivity index (χ2n) is 8.31. The number of aliphatic imine (C=N–C) groups is 1. The fourth-order valence-electron chi connectivity index (χ4n) is 3.33. The summed E-state index contributed by atoms with van der Waals surface area (Å²) in [4.78, 5) is 9.10. The van der Waals surface area contributed by atoms with Gasteiger partial charge < -0.3 is 15.2 Å². The summed E-state index contributed by atoms with van der Waals surface area (Å²) in [6.45, 7) is 10.3. The van der Waals surface area contributed by atoms with E-state index >= 15 is 0 Å². The van der Waals surface area contributed by atoms with Gasteiger partial charge in [0.2, 0.25) is 5.89 Å². The van der Waals surface area contributed by atoms with Crippen molar-refractivity contribution in [2.75, 3.05) is 13.1 Å². The second-order valence-corrected chi connectivity index (χ2v) is 8.31. The first-order valence-electron chi connectivity index (χ1n) is 9.84. The molecule has 2 aromatic rings. The van der Waals surface area contributed by atoms with E-state index in [1.165, 1.54) is 24.8 Å². The number of hydrogen-bond acceptors (Lipinski definition) is 4. The largest absolute Gasteiger partial charge is 0.357 e. The predicted molar refractivity (Wildman–Crippen MR) is 123 cm³/mol. The lowest BCUT2D eigenvalue weighted by molar-refractivity contribution is 0.244. The van der Waals surface area contributed by atoms with Crippen molar-refractivity contribution < 1.29 is 4.52 Å². The number of aromatic nitrogens is 2. The van der Waals surface area contributed by atoms with Gasteiger partial charge >= 0.3 is 0 Å². The molecule has 0 saturated heterocycles. The van der Waals surface area contributed by atoms with Crippen LogP contribution in [0.25, 0.3) is 0 Å². The fourth-order valence-corrected chi connectivity index (χ4v) is 3.33. The molecule has 1 aliphatic rings. The zero-order valence-corrected chi connectivity index (χ0v) is 19.6. The van der Waals surface area contributed by atoms with Gasteiger partial charge in [0.25, 0.3) is 0 Å². The van der Waals surface area contributed by atoms with E-state index in [0.29, 0.717) is 18.3 Å². The Morgan fingerprint density at radius 2 is 1.89 bits per heavy atom. The van der Waals surface area contributed by atoms with E-state index in [-0.39, 0.29) is 34.8 Å². The summed E-state index contributed by atoms with van der Waals surface area (Å²) >= 11 is 0. The van der Waals surface area contributed by atoms with Gasteiger partial charge in [0.15, 0.2) is 11.8 Å². The summed E-state index contributed by atoms with van der Waals surface area (Å²) in [5.74, 6) is 2.04. The highest BCUT2D eigenvalue weighted by atomic mass is 127. The van der Waals surface area contributed by atoms with Crippen molar-refractivity contribution >= 4 is 29.9 Å². The van der Waals surface area contributed by atoms with Crippen molar-refractivity contribution in [2.45, 2.75) is 64.3 Å². The molecule has 7 heteroatoms. The SMILES string of the molecule is CCNC(=NCc1noc(C(C)(C)C)n1)NCC1(c2ccccc2)CCC1.I. The number of benzene rings is 1. The Labute approximate surface area is 185 Å². The molecule has 0 aliphatic heterocycles. The van der Waals surface area contributed by atoms with E-state index in [9.17, 15) is 0 Å². The van der Waals surface area contributed by atoms with Crippen LogP contribution in [0.4, 0.5) is 0 Å². The number of hydrogen-bond donors (Lipinski definition) is 2. The van der Waals surface area contributed by atoms with E-state index in [1.807, 2.05) is 0 Å². The van der Waals surface area contributed by atoms with Crippen molar-refractivity contribution in [2.24, 2.45) is 4.99 Å². The van der Waals surface area contributed by atoms with Crippen LogP contribution < -0.4 is 10.6 Å². The van der Waals surface area contributed by atoms with Crippen LogP contribution in [0.2, 0.25) is 0 Å². The van der Waals surface area contributed by atoms with Crippen LogP contribution in [-0.4, -0.2) is 29.2 Å². The third kappa shape index (κ3) is 5.46. The minimum absolute atomic E-state index is 0. The summed E-state index contributed by atoms with van der Waals surface area (Å²) in [6.07, 6.45) is 3.70. The van der Waals surface area contributed by atoms with Crippen molar-refractivity contribution in [3.8, 4) is 0 Å². The van der Waals surface area contributed by atoms with E-state index < -0.39 is 0 Å². The molecule has 2 N–H and O–H groups in total. The molecule has 0 radical (unpaired) electrons. The van der Waals surface area contributed by atoms with Crippen molar-refractivity contribution in [1.82, 2.24) is 20.8 Å². The minimum atomic E-state index is -0.149. The van der Waals surface area contributed by atoms with E-state index in [0.717, 1.165) is 19.0 Å². The number of halogens is 1. The molecule has 1 aromatic carbocycles. The molecule has 28 heavy (non-hydrogen) atoms. The highest BCUT2D eigenvalue weighted by Crippen LogP contribution is 2.43. The second kappa shape index (κ2) is 9.71. The molecule has 0 unspecified atom stereocenters. The van der Waals surface area contributed by atoms with Gasteiger partial charge in [-0.15, -0.1) is 24.0 Å². The van der Waals surface area contributed by atoms with Gasteiger partial charge in [0.1, 0.15) is 6.54 Å². The van der Waals surface area contributed by atoms with E-state index in [4.69, 9.17) is 4.52 Å². The quantitative estimate of drug-likeness (QED) is 0.356. The maximum Gasteiger partial charge on any atom is 0.232 e. The highest BCUT2D eigenvalue weighted by Gasteiger charge is 2.38. The third-order valence-corrected chi connectivity index (χ3v) is 5.12. The summed E-state index contributed by atoms with van der Waals surface area (Å²) in [6, 6.07) is 10.8. The van der Waals surface area contributed by atoms with Crippen LogP contribution >= 0.6 is 24.0 Å². The molecule has 0 bridgehead atoms. The first-order chi connectivity index (χ1) is 12.9. The smallest absolute Gasteiger partial charge is 0.232 e. The molecule has 0 atom stereocenters. The zero-order valence-electron chi connectivity index (χ0n) is 17.3. The predicted octanol–water partition coefficient (Wildman–Crippen LogP) is 4.16. The third-order valence-electron chi connectivity index (χ3n) is 5.12. The van der Waals surface area contributed by atoms with Gasteiger partial charge in [-0.05, 0) is 25.3 Å². The molecule has 1 aliphatic carbocycles. The fraction of sp³-hybridized carbons (Fsp3) is 0.571. The average Bonchev–Trinajstić information content (AvgIpc) is 3.09. The molecule has 154 valence electrons. The summed E-state index contributed by atoms with van der Waals surface area (Å²) < 4.78 is 5.35. The summed E-state index contributed by atoms with van der Waals surface area (Å²) in [5.41, 5.74) is 1.47. The Morgan fingerprint density at radius 3 is 2.43 bits per heavy atom. The molecule has 1 heterocycles. The molecule has 6 nitrogen and oxygen atoms in total. The van der Waals surface area contributed by atoms with Gasteiger partial charge in [0.05, 0.1) is 0 Å². The van der Waals surface area contributed by atoms with Gasteiger partial charge in [0, 0.05) is 23.9 Å². The van der Waals surface area contributed by atoms with E-state index in [2.05, 4.69) is 83.8 Å². The van der Waals surface area contributed by atoms with Crippen LogP contribution in [0.5, 0.6) is 0 Å². The monoisotopic (exact) mass is 497 g/mol. The highest BCUT2D eigenvalue weighted by molar-refractivity contribution is 14.0. The number of guanidine groups is 1. The standard InChI is InChI=1S/C21H31N5O.HI/c1-5-22-19(23-14-17-25-18(27-26-17)20(2,3)4)24-15-21(12-9-13-21)16-10-7-6-8-11-16;/h6-8,10-11H,5,9,12-15H2,1-4H3,(H2,22,23,24);1H. The van der Waals surface area contributed by atoms with Crippen molar-refractivity contribution in [3.63, 3.8) is 0 Å². The molecule has 0 amide bonds. The van der Waals surface area contributed by atoms with Crippen LogP contribution in [0.1, 0.15) is 64.2 Å². The van der Waals surface area contributed by atoms with Gasteiger partial charge in [-0.1, -0.05) is 62.7 Å². The average molecular weight is 497 g/mol. The van der Waals surface area contributed by atoms with Crippen LogP contribution in [0, 0.1) is 0 Å². The topological polar surface area (TPSA) is 75.3 Å². The lowest BCUT2D eigenvalue weighted by atomic mass is 9.64. The molecule has 1 saturated carbocycles. The van der Waals surface area contributed by atoms with Crippen LogP contribution in [0.3, 0.4) is 0 Å². The van der Waals surface area contributed by atoms with Gasteiger partial charge in [-0.3, -0.25) is 0 Å². The Bertz CT molecular complexity index is 763. The normalized spacial score (nSPS) is 16.1. The molecule has 1 aromatic heterocycles. The van der Waals surface area contributed by atoms with Crippen LogP contribution in [0.15, 0.2) is 39.8 Å². The first kappa shape index (κ1) is 22.6. The first-order valence-corrected chi connectivity index (χ1v) is 9.84. The van der Waals surface area contributed by atoms with Crippen LogP contribution in [-0.2, 0) is 17.4 Å². The van der Waals surface area contributed by atoms with Gasteiger partial charge in [-0.25, -0.2) is 4.99 Å². The Kier molecular flexibility index (Phi) is 7.86. The maximum atomic E-state index is 5.35. The lowest BCUT2D eigenvalue weighted by Crippen LogP contribution is -2.48. The Hall–Kier alpha value is -1.64. The summed E-state index contributed by atoms with van der Waals surface area (Å²) in [7, 11) is 0. The molecule has 1 fully saturated rings. The zero-order chi connectivity index (χ0) is 19.3. The van der Waals surface area contributed by atoms with Crippen molar-refractivity contribution in [3.05, 3.63) is 47.6 Å². The van der Waals surface area contributed by atoms with E-state index in [1.54, 1.807) is 0 Å².